The molecule has 23 heavy (non-hydrogen) atoms. The summed E-state index contributed by atoms with van der Waals surface area (Å²) < 4.78 is 11.0. The molecule has 0 heterocycles. The van der Waals surface area contributed by atoms with E-state index in [-0.39, 0.29) is 30.8 Å². The van der Waals surface area contributed by atoms with Crippen molar-refractivity contribution < 1.29 is 14.3 Å². The first-order valence-electron chi connectivity index (χ1n) is 7.78. The summed E-state index contributed by atoms with van der Waals surface area (Å²) in [6.45, 7) is 9.11. The number of hydrogen-bond donors (Lipinski definition) is 2. The molecule has 0 fully saturated rings. The minimum Gasteiger partial charge on any atom is -0.494 e. The van der Waals surface area contributed by atoms with Crippen molar-refractivity contribution >= 4 is 18.3 Å². The Balaban J connectivity index is 0.00000484. The lowest BCUT2D eigenvalue weighted by Gasteiger charge is -2.33. The molecule has 1 unspecified atom stereocenters. The van der Waals surface area contributed by atoms with E-state index in [9.17, 15) is 4.79 Å². The van der Waals surface area contributed by atoms with Crippen molar-refractivity contribution in [2.24, 2.45) is 11.7 Å². The van der Waals surface area contributed by atoms with Gasteiger partial charge in [0.2, 0.25) is 0 Å². The Bertz CT molecular complexity index is 465. The number of nitrogens with one attached hydrogen (secondary N) is 1. The molecule has 0 aliphatic rings. The van der Waals surface area contributed by atoms with Gasteiger partial charge in [0.05, 0.1) is 12.1 Å². The summed E-state index contributed by atoms with van der Waals surface area (Å²) in [5.41, 5.74) is 5.33. The van der Waals surface area contributed by atoms with Crippen molar-refractivity contribution in [2.75, 3.05) is 19.8 Å². The minimum atomic E-state index is -0.418. The van der Waals surface area contributed by atoms with Gasteiger partial charge in [0, 0.05) is 6.54 Å². The van der Waals surface area contributed by atoms with Crippen LogP contribution in [-0.2, 0) is 4.79 Å². The van der Waals surface area contributed by atoms with Crippen LogP contribution < -0.4 is 20.5 Å². The van der Waals surface area contributed by atoms with E-state index in [1.807, 2.05) is 32.9 Å². The number of ether oxygens (including phenoxy) is 2. The van der Waals surface area contributed by atoms with Crippen LogP contribution >= 0.6 is 12.4 Å². The van der Waals surface area contributed by atoms with Gasteiger partial charge in [0.15, 0.2) is 6.61 Å². The van der Waals surface area contributed by atoms with E-state index in [0.717, 1.165) is 12.2 Å². The standard InChI is InChI=1S/C17H28N2O3.ClH/c1-5-10-21-14-6-8-15(9-7-14)22-11-16(20)19-17(4,12-18)13(2)3;/h6-9,13H,5,10-12,18H2,1-4H3,(H,19,20);1H. The third-order valence-electron chi connectivity index (χ3n) is 3.79. The molecule has 132 valence electrons. The van der Waals surface area contributed by atoms with Crippen LogP contribution in [0, 0.1) is 5.92 Å². The van der Waals surface area contributed by atoms with Gasteiger partial charge < -0.3 is 20.5 Å². The lowest BCUT2D eigenvalue weighted by Crippen LogP contribution is -2.56. The number of hydrogen-bond acceptors (Lipinski definition) is 4. The lowest BCUT2D eigenvalue weighted by molar-refractivity contribution is -0.125. The van der Waals surface area contributed by atoms with E-state index in [1.54, 1.807) is 12.1 Å². The largest absolute Gasteiger partial charge is 0.494 e. The summed E-state index contributed by atoms with van der Waals surface area (Å²) in [4.78, 5) is 12.0. The van der Waals surface area contributed by atoms with Crippen LogP contribution in [0.15, 0.2) is 24.3 Å². The van der Waals surface area contributed by atoms with Gasteiger partial charge in [0.25, 0.3) is 5.91 Å². The molecule has 0 saturated carbocycles. The van der Waals surface area contributed by atoms with Gasteiger partial charge in [-0.05, 0) is 43.5 Å². The van der Waals surface area contributed by atoms with Crippen molar-refractivity contribution in [3.8, 4) is 11.5 Å². The van der Waals surface area contributed by atoms with E-state index in [0.29, 0.717) is 18.9 Å². The van der Waals surface area contributed by atoms with E-state index in [4.69, 9.17) is 15.2 Å². The number of carbonyl (C=O) groups is 1. The SMILES string of the molecule is CCCOc1ccc(OCC(=O)NC(C)(CN)C(C)C)cc1.Cl. The zero-order chi connectivity index (χ0) is 16.6. The summed E-state index contributed by atoms with van der Waals surface area (Å²) in [5.74, 6) is 1.51. The molecule has 1 rings (SSSR count). The Morgan fingerprint density at radius 3 is 2.17 bits per heavy atom. The Labute approximate surface area is 145 Å². The normalized spacial score (nSPS) is 13.0. The molecule has 6 heteroatoms. The van der Waals surface area contributed by atoms with Gasteiger partial charge in [-0.15, -0.1) is 12.4 Å². The summed E-state index contributed by atoms with van der Waals surface area (Å²) >= 11 is 0. The van der Waals surface area contributed by atoms with Crippen LogP contribution in [-0.4, -0.2) is 31.2 Å². The van der Waals surface area contributed by atoms with Crippen molar-refractivity contribution in [1.29, 1.82) is 0 Å². The number of rotatable bonds is 9. The number of halogens is 1. The molecular weight excluding hydrogens is 316 g/mol. The van der Waals surface area contributed by atoms with Gasteiger partial charge in [-0.1, -0.05) is 20.8 Å². The van der Waals surface area contributed by atoms with Gasteiger partial charge in [-0.25, -0.2) is 0 Å². The van der Waals surface area contributed by atoms with E-state index in [2.05, 4.69) is 12.2 Å². The minimum absolute atomic E-state index is 0. The molecule has 0 spiro atoms. The molecule has 0 aliphatic heterocycles. The number of benzene rings is 1. The second kappa shape index (κ2) is 10.3. The van der Waals surface area contributed by atoms with Crippen molar-refractivity contribution in [2.45, 2.75) is 39.7 Å². The fourth-order valence-electron chi connectivity index (χ4n) is 1.79. The molecule has 5 nitrogen and oxygen atoms in total. The smallest absolute Gasteiger partial charge is 0.258 e. The Kier molecular flexibility index (Phi) is 9.68. The first kappa shape index (κ1) is 21.5. The van der Waals surface area contributed by atoms with Crippen LogP contribution in [0.25, 0.3) is 0 Å². The van der Waals surface area contributed by atoms with E-state index >= 15 is 0 Å². The highest BCUT2D eigenvalue weighted by Crippen LogP contribution is 2.18. The van der Waals surface area contributed by atoms with Gasteiger partial charge in [-0.2, -0.15) is 0 Å². The van der Waals surface area contributed by atoms with Crippen molar-refractivity contribution in [1.82, 2.24) is 5.32 Å². The zero-order valence-corrected chi connectivity index (χ0v) is 15.2. The Hall–Kier alpha value is -1.46. The molecule has 0 bridgehead atoms. The summed E-state index contributed by atoms with van der Waals surface area (Å²) in [5, 5.41) is 2.94. The Morgan fingerprint density at radius 2 is 1.74 bits per heavy atom. The number of nitrogens with two attached hydrogens (primary N) is 1. The third kappa shape index (κ3) is 7.10. The van der Waals surface area contributed by atoms with Crippen LogP contribution in [0.5, 0.6) is 11.5 Å². The van der Waals surface area contributed by atoms with Crippen LogP contribution in [0.4, 0.5) is 0 Å². The molecule has 0 aliphatic carbocycles. The Morgan fingerprint density at radius 1 is 1.22 bits per heavy atom. The van der Waals surface area contributed by atoms with Crippen LogP contribution in [0.1, 0.15) is 34.1 Å². The maximum Gasteiger partial charge on any atom is 0.258 e. The van der Waals surface area contributed by atoms with Gasteiger partial charge in [0.1, 0.15) is 11.5 Å². The van der Waals surface area contributed by atoms with E-state index < -0.39 is 5.54 Å². The highest BCUT2D eigenvalue weighted by atomic mass is 35.5. The molecule has 0 aromatic heterocycles. The first-order chi connectivity index (χ1) is 10.4. The highest BCUT2D eigenvalue weighted by molar-refractivity contribution is 5.85. The maximum absolute atomic E-state index is 12.0. The lowest BCUT2D eigenvalue weighted by atomic mass is 9.88. The molecule has 1 aromatic carbocycles. The second-order valence-corrected chi connectivity index (χ2v) is 5.93. The van der Waals surface area contributed by atoms with Gasteiger partial charge in [-0.3, -0.25) is 4.79 Å². The molecular formula is C17H29ClN2O3. The number of amides is 1. The molecule has 1 amide bonds. The van der Waals surface area contributed by atoms with Crippen LogP contribution in [0.3, 0.4) is 0 Å². The molecule has 0 saturated heterocycles. The predicted molar refractivity (Wildman–Crippen MR) is 95.4 cm³/mol. The average molecular weight is 345 g/mol. The quantitative estimate of drug-likeness (QED) is 0.722. The number of carbonyl (C=O) groups excluding carboxylic acids is 1. The van der Waals surface area contributed by atoms with Gasteiger partial charge >= 0.3 is 0 Å². The highest BCUT2D eigenvalue weighted by Gasteiger charge is 2.28. The summed E-state index contributed by atoms with van der Waals surface area (Å²) in [7, 11) is 0. The van der Waals surface area contributed by atoms with E-state index in [1.165, 1.54) is 0 Å². The third-order valence-corrected chi connectivity index (χ3v) is 3.79. The average Bonchev–Trinajstić information content (AvgIpc) is 2.51. The molecule has 1 atom stereocenters. The molecule has 0 radical (unpaired) electrons. The van der Waals surface area contributed by atoms with Crippen molar-refractivity contribution in [3.63, 3.8) is 0 Å². The monoisotopic (exact) mass is 344 g/mol. The second-order valence-electron chi connectivity index (χ2n) is 5.93. The fraction of sp³-hybridized carbons (Fsp3) is 0.588. The zero-order valence-electron chi connectivity index (χ0n) is 14.4. The summed E-state index contributed by atoms with van der Waals surface area (Å²) in [6.07, 6.45) is 0.966. The molecule has 1 aromatic rings. The predicted octanol–water partition coefficient (Wildman–Crippen LogP) is 2.77. The molecule has 3 N–H and O–H groups in total. The topological polar surface area (TPSA) is 73.6 Å². The van der Waals surface area contributed by atoms with Crippen LogP contribution in [0.2, 0.25) is 0 Å². The summed E-state index contributed by atoms with van der Waals surface area (Å²) in [6, 6.07) is 7.26. The van der Waals surface area contributed by atoms with Crippen molar-refractivity contribution in [3.05, 3.63) is 24.3 Å². The first-order valence-corrected chi connectivity index (χ1v) is 7.78. The maximum atomic E-state index is 12.0. The fourth-order valence-corrected chi connectivity index (χ4v) is 1.79.